The van der Waals surface area contributed by atoms with Gasteiger partial charge in [-0.2, -0.15) is 0 Å². The van der Waals surface area contributed by atoms with E-state index in [4.69, 9.17) is 0 Å². The number of hydrogen-bond donors (Lipinski definition) is 2. The Balaban J connectivity index is 2.23. The zero-order valence-electron chi connectivity index (χ0n) is 11.1. The first-order valence-corrected chi connectivity index (χ1v) is 6.66. The van der Waals surface area contributed by atoms with Crippen molar-refractivity contribution < 1.29 is 9.90 Å². The van der Waals surface area contributed by atoms with Crippen molar-refractivity contribution in [3.8, 4) is 0 Å². The lowest BCUT2D eigenvalue weighted by Crippen LogP contribution is -2.53. The second-order valence-corrected chi connectivity index (χ2v) is 5.25. The van der Waals surface area contributed by atoms with Crippen LogP contribution in [-0.4, -0.2) is 17.1 Å². The zero-order valence-corrected chi connectivity index (χ0v) is 11.1. The molecule has 18 heavy (non-hydrogen) atoms. The molecule has 0 aromatic heterocycles. The monoisotopic (exact) mass is 247 g/mol. The van der Waals surface area contributed by atoms with E-state index in [0.717, 1.165) is 24.8 Å². The molecule has 1 atom stereocenters. The highest BCUT2D eigenvalue weighted by atomic mass is 16.4. The summed E-state index contributed by atoms with van der Waals surface area (Å²) in [5.41, 5.74) is 1.09. The third kappa shape index (κ3) is 2.41. The van der Waals surface area contributed by atoms with Gasteiger partial charge in [0.2, 0.25) is 0 Å². The lowest BCUT2D eigenvalue weighted by molar-refractivity contribution is -0.145. The highest BCUT2D eigenvalue weighted by molar-refractivity contribution is 5.80. The van der Waals surface area contributed by atoms with Gasteiger partial charge < -0.3 is 5.11 Å². The minimum atomic E-state index is -0.975. The lowest BCUT2D eigenvalue weighted by Gasteiger charge is -2.36. The van der Waals surface area contributed by atoms with Gasteiger partial charge >= 0.3 is 5.97 Å². The smallest absolute Gasteiger partial charge is 0.328 e. The van der Waals surface area contributed by atoms with E-state index < -0.39 is 11.5 Å². The quantitative estimate of drug-likeness (QED) is 0.841. The number of aliphatic carboxylic acids is 1. The summed E-state index contributed by atoms with van der Waals surface area (Å²) in [7, 11) is 0. The molecule has 1 saturated carbocycles. The molecule has 1 unspecified atom stereocenters. The Bertz CT molecular complexity index is 423. The Labute approximate surface area is 108 Å². The van der Waals surface area contributed by atoms with Crippen LogP contribution in [0.5, 0.6) is 0 Å². The number of nitrogens with one attached hydrogen (secondary N) is 1. The first kappa shape index (κ1) is 13.1. The van der Waals surface area contributed by atoms with Gasteiger partial charge in [0, 0.05) is 6.04 Å². The number of benzene rings is 1. The van der Waals surface area contributed by atoms with Crippen molar-refractivity contribution in [2.75, 3.05) is 0 Å². The van der Waals surface area contributed by atoms with Gasteiger partial charge in [-0.15, -0.1) is 0 Å². The van der Waals surface area contributed by atoms with Gasteiger partial charge in [-0.05, 0) is 37.3 Å². The number of hydrogen-bond acceptors (Lipinski definition) is 2. The maximum Gasteiger partial charge on any atom is 0.328 e. The molecule has 1 aliphatic carbocycles. The minimum absolute atomic E-state index is 0.344. The summed E-state index contributed by atoms with van der Waals surface area (Å²) in [6.45, 7) is 3.85. The van der Waals surface area contributed by atoms with Crippen LogP contribution in [0.25, 0.3) is 0 Å². The topological polar surface area (TPSA) is 49.3 Å². The zero-order chi connectivity index (χ0) is 13.2. The van der Waals surface area contributed by atoms with Crippen molar-refractivity contribution in [3.05, 3.63) is 35.4 Å². The Hall–Kier alpha value is -1.35. The fourth-order valence-corrected chi connectivity index (χ4v) is 2.30. The summed E-state index contributed by atoms with van der Waals surface area (Å²) in [5.74, 6) is -0.807. The first-order valence-electron chi connectivity index (χ1n) is 6.66. The normalized spacial score (nSPS) is 19.0. The number of carboxylic acid groups (broad SMARTS) is 1. The average molecular weight is 247 g/mol. The van der Waals surface area contributed by atoms with Crippen LogP contribution >= 0.6 is 0 Å². The molecule has 0 heterocycles. The van der Waals surface area contributed by atoms with Crippen LogP contribution in [0.2, 0.25) is 0 Å². The fourth-order valence-electron chi connectivity index (χ4n) is 2.30. The molecule has 1 aliphatic rings. The summed E-state index contributed by atoms with van der Waals surface area (Å²) in [5, 5.41) is 12.8. The second kappa shape index (κ2) is 5.11. The van der Waals surface area contributed by atoms with E-state index in [9.17, 15) is 9.90 Å². The van der Waals surface area contributed by atoms with Gasteiger partial charge in [-0.1, -0.05) is 37.6 Å². The lowest BCUT2D eigenvalue weighted by atomic mass is 9.85. The molecule has 1 fully saturated rings. The summed E-state index contributed by atoms with van der Waals surface area (Å²) in [6.07, 6.45) is 4.33. The molecule has 0 bridgehead atoms. The molecule has 0 saturated heterocycles. The minimum Gasteiger partial charge on any atom is -0.480 e. The van der Waals surface area contributed by atoms with E-state index in [0.29, 0.717) is 6.04 Å². The standard InChI is InChI=1S/C15H21NO2/c1-3-11-7-9-12(10-8-11)15(2,14(17)18)16-13-5-4-6-13/h7-10,13,16H,3-6H2,1-2H3,(H,17,18). The largest absolute Gasteiger partial charge is 0.480 e. The number of aryl methyl sites for hydroxylation is 1. The van der Waals surface area contributed by atoms with Crippen LogP contribution in [0.4, 0.5) is 0 Å². The van der Waals surface area contributed by atoms with Crippen molar-refractivity contribution in [1.29, 1.82) is 0 Å². The van der Waals surface area contributed by atoms with Crippen molar-refractivity contribution in [1.82, 2.24) is 5.32 Å². The molecule has 0 radical (unpaired) electrons. The van der Waals surface area contributed by atoms with Crippen LogP contribution in [0.1, 0.15) is 44.2 Å². The average Bonchev–Trinajstić information content (AvgIpc) is 2.33. The van der Waals surface area contributed by atoms with E-state index >= 15 is 0 Å². The molecule has 0 amide bonds. The number of rotatable bonds is 5. The van der Waals surface area contributed by atoms with Crippen molar-refractivity contribution in [2.45, 2.75) is 51.1 Å². The third-order valence-corrected chi connectivity index (χ3v) is 3.97. The van der Waals surface area contributed by atoms with Crippen molar-refractivity contribution >= 4 is 5.97 Å². The molecule has 98 valence electrons. The molecule has 0 aliphatic heterocycles. The Morgan fingerprint density at radius 3 is 2.39 bits per heavy atom. The van der Waals surface area contributed by atoms with Gasteiger partial charge in [0.15, 0.2) is 0 Å². The molecule has 1 aromatic rings. The number of carbonyl (C=O) groups is 1. The predicted octanol–water partition coefficient (Wildman–Crippen LogP) is 2.69. The Morgan fingerprint density at radius 1 is 1.39 bits per heavy atom. The van der Waals surface area contributed by atoms with Crippen LogP contribution in [0.3, 0.4) is 0 Å². The third-order valence-electron chi connectivity index (χ3n) is 3.97. The van der Waals surface area contributed by atoms with E-state index in [-0.39, 0.29) is 0 Å². The predicted molar refractivity (Wildman–Crippen MR) is 71.6 cm³/mol. The van der Waals surface area contributed by atoms with Crippen LogP contribution < -0.4 is 5.32 Å². The van der Waals surface area contributed by atoms with Gasteiger partial charge in [-0.25, -0.2) is 4.79 Å². The van der Waals surface area contributed by atoms with E-state index in [1.54, 1.807) is 6.92 Å². The Morgan fingerprint density at radius 2 is 2.00 bits per heavy atom. The van der Waals surface area contributed by atoms with E-state index in [1.165, 1.54) is 12.0 Å². The van der Waals surface area contributed by atoms with E-state index in [2.05, 4.69) is 12.2 Å². The first-order chi connectivity index (χ1) is 8.56. The second-order valence-electron chi connectivity index (χ2n) is 5.25. The maximum atomic E-state index is 11.6. The Kier molecular flexibility index (Phi) is 3.71. The van der Waals surface area contributed by atoms with Crippen molar-refractivity contribution in [3.63, 3.8) is 0 Å². The van der Waals surface area contributed by atoms with Gasteiger partial charge in [0.25, 0.3) is 0 Å². The molecular weight excluding hydrogens is 226 g/mol. The van der Waals surface area contributed by atoms with Gasteiger partial charge in [0.05, 0.1) is 0 Å². The van der Waals surface area contributed by atoms with Gasteiger partial charge in [0.1, 0.15) is 5.54 Å². The molecule has 3 nitrogen and oxygen atoms in total. The maximum absolute atomic E-state index is 11.6. The molecule has 2 rings (SSSR count). The fraction of sp³-hybridized carbons (Fsp3) is 0.533. The van der Waals surface area contributed by atoms with E-state index in [1.807, 2.05) is 24.3 Å². The summed E-state index contributed by atoms with van der Waals surface area (Å²) in [4.78, 5) is 11.6. The molecule has 0 spiro atoms. The highest BCUT2D eigenvalue weighted by Gasteiger charge is 2.38. The summed E-state index contributed by atoms with van der Waals surface area (Å²) >= 11 is 0. The van der Waals surface area contributed by atoms with Gasteiger partial charge in [-0.3, -0.25) is 5.32 Å². The van der Waals surface area contributed by atoms with Crippen molar-refractivity contribution in [2.24, 2.45) is 0 Å². The molecule has 2 N–H and O–H groups in total. The molecule has 1 aromatic carbocycles. The molecule has 3 heteroatoms. The van der Waals surface area contributed by atoms with Crippen LogP contribution in [-0.2, 0) is 16.8 Å². The summed E-state index contributed by atoms with van der Waals surface area (Å²) in [6, 6.07) is 8.23. The van der Waals surface area contributed by atoms with Crippen LogP contribution in [0, 0.1) is 0 Å². The summed E-state index contributed by atoms with van der Waals surface area (Å²) < 4.78 is 0. The SMILES string of the molecule is CCc1ccc(C(C)(NC2CCC2)C(=O)O)cc1. The highest BCUT2D eigenvalue weighted by Crippen LogP contribution is 2.27. The number of carboxylic acids is 1. The van der Waals surface area contributed by atoms with Crippen LogP contribution in [0.15, 0.2) is 24.3 Å². The molecular formula is C15H21NO2.